The van der Waals surface area contributed by atoms with Crippen molar-refractivity contribution in [2.24, 2.45) is 0 Å². The Labute approximate surface area is 127 Å². The monoisotopic (exact) mass is 293 g/mol. The lowest BCUT2D eigenvalue weighted by Crippen LogP contribution is -2.41. The predicted octanol–water partition coefficient (Wildman–Crippen LogP) is 2.06. The molecule has 0 spiro atoms. The molecule has 5 nitrogen and oxygen atoms in total. The first-order chi connectivity index (χ1) is 9.93. The van der Waals surface area contributed by atoms with Crippen molar-refractivity contribution in [1.29, 1.82) is 0 Å². The van der Waals surface area contributed by atoms with Crippen molar-refractivity contribution in [3.8, 4) is 0 Å². The van der Waals surface area contributed by atoms with Gasteiger partial charge in [-0.05, 0) is 37.5 Å². The average molecular weight is 293 g/mol. The molecule has 0 aliphatic heterocycles. The van der Waals surface area contributed by atoms with Gasteiger partial charge < -0.3 is 20.2 Å². The van der Waals surface area contributed by atoms with E-state index in [0.29, 0.717) is 13.0 Å². The molecule has 1 unspecified atom stereocenters. The van der Waals surface area contributed by atoms with Crippen molar-refractivity contribution in [2.45, 2.75) is 32.4 Å². The van der Waals surface area contributed by atoms with Gasteiger partial charge in [-0.1, -0.05) is 12.1 Å². The number of nitrogens with one attached hydrogen (secondary N) is 1. The summed E-state index contributed by atoms with van der Waals surface area (Å²) in [6.07, 6.45) is 1.49. The van der Waals surface area contributed by atoms with Gasteiger partial charge in [0.1, 0.15) is 0 Å². The number of rotatable bonds is 7. The van der Waals surface area contributed by atoms with Crippen molar-refractivity contribution in [2.75, 3.05) is 32.6 Å². The lowest BCUT2D eigenvalue weighted by Gasteiger charge is -2.21. The highest BCUT2D eigenvalue weighted by Gasteiger charge is 2.12. The molecule has 1 aromatic carbocycles. The van der Waals surface area contributed by atoms with Crippen LogP contribution in [0.1, 0.15) is 25.3 Å². The van der Waals surface area contributed by atoms with Gasteiger partial charge in [-0.2, -0.15) is 0 Å². The third-order valence-electron chi connectivity index (χ3n) is 3.38. The second kappa shape index (κ2) is 8.52. The van der Waals surface area contributed by atoms with E-state index >= 15 is 0 Å². The molecule has 1 atom stereocenters. The van der Waals surface area contributed by atoms with Crippen molar-refractivity contribution in [3.05, 3.63) is 29.8 Å². The molecule has 21 heavy (non-hydrogen) atoms. The highest BCUT2D eigenvalue weighted by molar-refractivity contribution is 5.74. The molecule has 0 aromatic heterocycles. The van der Waals surface area contributed by atoms with Gasteiger partial charge in [0.2, 0.25) is 0 Å². The molecule has 0 bridgehead atoms. The van der Waals surface area contributed by atoms with Crippen LogP contribution in [0.15, 0.2) is 24.3 Å². The van der Waals surface area contributed by atoms with Crippen molar-refractivity contribution >= 4 is 11.7 Å². The summed E-state index contributed by atoms with van der Waals surface area (Å²) in [7, 11) is 5.79. The number of aliphatic hydroxyl groups is 1. The van der Waals surface area contributed by atoms with E-state index < -0.39 is 0 Å². The standard InChI is InChI=1S/C16H27N3O2/c1-13(6-5-11-20)17-16(21)19(4)12-14-7-9-15(10-8-14)18(2)3/h7-10,13,20H,5-6,11-12H2,1-4H3,(H,17,21). The van der Waals surface area contributed by atoms with E-state index in [0.717, 1.165) is 17.7 Å². The fraction of sp³-hybridized carbons (Fsp3) is 0.562. The van der Waals surface area contributed by atoms with E-state index in [9.17, 15) is 4.79 Å². The number of carbonyl (C=O) groups excluding carboxylic acids is 1. The summed E-state index contributed by atoms with van der Waals surface area (Å²) in [6, 6.07) is 8.15. The van der Waals surface area contributed by atoms with Gasteiger partial charge in [0.25, 0.3) is 0 Å². The number of anilines is 1. The van der Waals surface area contributed by atoms with Gasteiger partial charge in [0.15, 0.2) is 0 Å². The summed E-state index contributed by atoms with van der Waals surface area (Å²) in [5.41, 5.74) is 2.24. The number of benzene rings is 1. The molecule has 118 valence electrons. The summed E-state index contributed by atoms with van der Waals surface area (Å²) < 4.78 is 0. The molecule has 0 fully saturated rings. The first kappa shape index (κ1) is 17.3. The molecule has 2 N–H and O–H groups in total. The fourth-order valence-corrected chi connectivity index (χ4v) is 2.04. The number of amides is 2. The van der Waals surface area contributed by atoms with Crippen LogP contribution in [0.25, 0.3) is 0 Å². The zero-order chi connectivity index (χ0) is 15.8. The van der Waals surface area contributed by atoms with Crippen molar-refractivity contribution in [1.82, 2.24) is 10.2 Å². The zero-order valence-corrected chi connectivity index (χ0v) is 13.5. The summed E-state index contributed by atoms with van der Waals surface area (Å²) in [5, 5.41) is 11.7. The Balaban J connectivity index is 2.48. The van der Waals surface area contributed by atoms with Crippen LogP contribution in [0, 0.1) is 0 Å². The van der Waals surface area contributed by atoms with E-state index in [-0.39, 0.29) is 18.7 Å². The molecule has 1 aromatic rings. The summed E-state index contributed by atoms with van der Waals surface area (Å²) in [6.45, 7) is 2.69. The summed E-state index contributed by atoms with van der Waals surface area (Å²) in [5.74, 6) is 0. The third kappa shape index (κ3) is 6.04. The minimum Gasteiger partial charge on any atom is -0.396 e. The largest absolute Gasteiger partial charge is 0.396 e. The number of hydrogen-bond donors (Lipinski definition) is 2. The van der Waals surface area contributed by atoms with E-state index in [1.807, 2.05) is 50.2 Å². The molecule has 0 saturated heterocycles. The molecule has 2 amide bonds. The molecule has 5 heteroatoms. The first-order valence-corrected chi connectivity index (χ1v) is 7.32. The molecule has 0 aliphatic rings. The maximum atomic E-state index is 12.0. The molecule has 0 aliphatic carbocycles. The number of hydrogen-bond acceptors (Lipinski definition) is 3. The number of aliphatic hydroxyl groups excluding tert-OH is 1. The van der Waals surface area contributed by atoms with Crippen molar-refractivity contribution in [3.63, 3.8) is 0 Å². The Hall–Kier alpha value is -1.75. The van der Waals surface area contributed by atoms with E-state index in [1.165, 1.54) is 0 Å². The zero-order valence-electron chi connectivity index (χ0n) is 13.5. The number of urea groups is 1. The smallest absolute Gasteiger partial charge is 0.317 e. The maximum Gasteiger partial charge on any atom is 0.317 e. The summed E-state index contributed by atoms with van der Waals surface area (Å²) in [4.78, 5) is 15.8. The highest BCUT2D eigenvalue weighted by atomic mass is 16.3. The van der Waals surface area contributed by atoms with Gasteiger partial charge in [-0.15, -0.1) is 0 Å². The van der Waals surface area contributed by atoms with Gasteiger partial charge in [0.05, 0.1) is 0 Å². The Morgan fingerprint density at radius 3 is 2.38 bits per heavy atom. The number of carbonyl (C=O) groups is 1. The third-order valence-corrected chi connectivity index (χ3v) is 3.38. The minimum atomic E-state index is -0.0860. The Morgan fingerprint density at radius 2 is 1.86 bits per heavy atom. The van der Waals surface area contributed by atoms with Crippen LogP contribution in [0.3, 0.4) is 0 Å². The van der Waals surface area contributed by atoms with Gasteiger partial charge in [0, 0.05) is 46.0 Å². The van der Waals surface area contributed by atoms with Crippen LogP contribution in [-0.4, -0.2) is 49.8 Å². The van der Waals surface area contributed by atoms with E-state index in [2.05, 4.69) is 5.32 Å². The van der Waals surface area contributed by atoms with E-state index in [4.69, 9.17) is 5.11 Å². The van der Waals surface area contributed by atoms with Crippen LogP contribution in [0.5, 0.6) is 0 Å². The average Bonchev–Trinajstić information content (AvgIpc) is 2.45. The van der Waals surface area contributed by atoms with Crippen molar-refractivity contribution < 1.29 is 9.90 Å². The molecule has 0 saturated carbocycles. The molecular formula is C16H27N3O2. The minimum absolute atomic E-state index is 0.0724. The second-order valence-electron chi connectivity index (χ2n) is 5.63. The highest BCUT2D eigenvalue weighted by Crippen LogP contribution is 2.13. The topological polar surface area (TPSA) is 55.8 Å². The second-order valence-corrected chi connectivity index (χ2v) is 5.63. The van der Waals surface area contributed by atoms with Gasteiger partial charge in [-0.3, -0.25) is 0 Å². The van der Waals surface area contributed by atoms with Crippen LogP contribution in [0.4, 0.5) is 10.5 Å². The Kier molecular flexibility index (Phi) is 7.02. The quantitative estimate of drug-likeness (QED) is 0.809. The Bertz CT molecular complexity index is 432. The summed E-state index contributed by atoms with van der Waals surface area (Å²) >= 11 is 0. The van der Waals surface area contributed by atoms with Crippen LogP contribution in [0.2, 0.25) is 0 Å². The SMILES string of the molecule is CC(CCCO)NC(=O)N(C)Cc1ccc(N(C)C)cc1. The Morgan fingerprint density at radius 1 is 1.24 bits per heavy atom. The molecule has 0 radical (unpaired) electrons. The first-order valence-electron chi connectivity index (χ1n) is 7.32. The van der Waals surface area contributed by atoms with E-state index in [1.54, 1.807) is 11.9 Å². The van der Waals surface area contributed by atoms with Crippen LogP contribution >= 0.6 is 0 Å². The maximum absolute atomic E-state index is 12.0. The van der Waals surface area contributed by atoms with Gasteiger partial charge in [-0.25, -0.2) is 4.79 Å². The normalized spacial score (nSPS) is 11.9. The lowest BCUT2D eigenvalue weighted by molar-refractivity contribution is 0.201. The molecular weight excluding hydrogens is 266 g/mol. The molecule has 0 heterocycles. The number of nitrogens with zero attached hydrogens (tertiary/aromatic N) is 2. The van der Waals surface area contributed by atoms with Gasteiger partial charge >= 0.3 is 6.03 Å². The molecule has 1 rings (SSSR count). The lowest BCUT2D eigenvalue weighted by atomic mass is 10.2. The van der Waals surface area contributed by atoms with Crippen LogP contribution in [-0.2, 0) is 6.54 Å². The van der Waals surface area contributed by atoms with Crippen LogP contribution < -0.4 is 10.2 Å². The fourth-order valence-electron chi connectivity index (χ4n) is 2.04. The predicted molar refractivity (Wildman–Crippen MR) is 86.5 cm³/mol.